The molecule has 4 heterocycles. The van der Waals surface area contributed by atoms with Crippen molar-refractivity contribution in [3.05, 3.63) is 46.6 Å². The van der Waals surface area contributed by atoms with Crippen molar-refractivity contribution in [3.8, 4) is 34.3 Å². The van der Waals surface area contributed by atoms with E-state index in [9.17, 15) is 70.9 Å². The van der Waals surface area contributed by atoms with Crippen LogP contribution in [0.5, 0.6) is 23.0 Å². The third kappa shape index (κ3) is 7.29. The number of benzene rings is 2. The number of carbonyl (C=O) groups is 1. The molecule has 296 valence electrons. The van der Waals surface area contributed by atoms with Crippen LogP contribution in [0.15, 0.2) is 45.6 Å². The second kappa shape index (κ2) is 15.5. The lowest BCUT2D eigenvalue weighted by atomic mass is 9.96. The number of phenolic OH excluding ortho intramolecular Hbond substituents is 3. The number of ether oxygens (including phenoxy) is 6. The molecule has 0 unspecified atom stereocenters. The van der Waals surface area contributed by atoms with Gasteiger partial charge >= 0.3 is 5.97 Å². The highest BCUT2D eigenvalue weighted by molar-refractivity contribution is 5.88. The van der Waals surface area contributed by atoms with Gasteiger partial charge in [-0.25, -0.2) is 4.79 Å². The summed E-state index contributed by atoms with van der Waals surface area (Å²) in [6, 6.07) is 6.78. The number of hydrogen-bond donors (Lipinski definition) is 12. The second-order valence-corrected chi connectivity index (χ2v) is 12.9. The molecule has 3 aliphatic heterocycles. The number of rotatable bonds is 9. The molecular weight excluding hydrogens is 732 g/mol. The average Bonchev–Trinajstić information content (AvgIpc) is 3.12. The summed E-state index contributed by atoms with van der Waals surface area (Å²) in [5.74, 6) is -4.57. The Labute approximate surface area is 302 Å². The first-order valence-electron chi connectivity index (χ1n) is 16.4. The maximum absolute atomic E-state index is 14.1. The van der Waals surface area contributed by atoms with Crippen LogP contribution in [0.3, 0.4) is 0 Å². The summed E-state index contributed by atoms with van der Waals surface area (Å²) in [5, 5.41) is 124. The van der Waals surface area contributed by atoms with Gasteiger partial charge in [-0.15, -0.1) is 0 Å². The van der Waals surface area contributed by atoms with Gasteiger partial charge in [0.2, 0.25) is 17.5 Å². The largest absolute Gasteiger partial charge is 0.508 e. The molecule has 3 fully saturated rings. The molecule has 0 spiro atoms. The molecule has 2 aromatic carbocycles. The third-order valence-corrected chi connectivity index (χ3v) is 9.28. The maximum atomic E-state index is 14.1. The van der Waals surface area contributed by atoms with Crippen LogP contribution in [0.1, 0.15) is 6.92 Å². The van der Waals surface area contributed by atoms with Gasteiger partial charge < -0.3 is 94.1 Å². The number of aliphatic hydroxyl groups is 8. The number of hydrogen-bond acceptors (Lipinski definition) is 20. The Balaban J connectivity index is 1.49. The van der Waals surface area contributed by atoms with E-state index in [4.69, 9.17) is 32.8 Å². The first kappa shape index (κ1) is 39.5. The molecule has 21 heteroatoms. The van der Waals surface area contributed by atoms with Gasteiger partial charge in [-0.05, 0) is 31.2 Å². The number of aliphatic hydroxyl groups excluding tert-OH is 8. The van der Waals surface area contributed by atoms with Crippen LogP contribution < -0.4 is 10.2 Å². The summed E-state index contributed by atoms with van der Waals surface area (Å²) in [6.45, 7) is 0.389. The van der Waals surface area contributed by atoms with Crippen molar-refractivity contribution in [1.82, 2.24) is 0 Å². The van der Waals surface area contributed by atoms with Crippen molar-refractivity contribution in [3.63, 3.8) is 0 Å². The Hall–Kier alpha value is -4.20. The van der Waals surface area contributed by atoms with Crippen LogP contribution in [0.2, 0.25) is 0 Å². The van der Waals surface area contributed by atoms with Crippen molar-refractivity contribution < 1.29 is 98.9 Å². The lowest BCUT2D eigenvalue weighted by molar-refractivity contribution is -0.380. The molecule has 3 aromatic rings. The Morgan fingerprint density at radius 1 is 0.722 bits per heavy atom. The highest BCUT2D eigenvalue weighted by atomic mass is 16.8. The first-order chi connectivity index (χ1) is 25.5. The molecule has 0 saturated carbocycles. The maximum Gasteiger partial charge on any atom is 0.335 e. The van der Waals surface area contributed by atoms with E-state index in [1.165, 1.54) is 31.2 Å². The average molecular weight is 771 g/mol. The minimum Gasteiger partial charge on any atom is -0.508 e. The van der Waals surface area contributed by atoms with E-state index in [1.807, 2.05) is 0 Å². The topological polar surface area (TPSA) is 345 Å². The highest BCUT2D eigenvalue weighted by Crippen LogP contribution is 2.39. The second-order valence-electron chi connectivity index (χ2n) is 12.9. The molecule has 0 aliphatic carbocycles. The molecule has 21 nitrogen and oxygen atoms in total. The van der Waals surface area contributed by atoms with E-state index < -0.39 is 139 Å². The summed E-state index contributed by atoms with van der Waals surface area (Å²) in [6.07, 6.45) is -29.3. The molecule has 3 saturated heterocycles. The number of aromatic hydroxyl groups is 3. The minimum absolute atomic E-state index is 0.0406. The fourth-order valence-corrected chi connectivity index (χ4v) is 6.33. The molecular formula is C33H38O21. The van der Waals surface area contributed by atoms with Crippen molar-refractivity contribution in [1.29, 1.82) is 0 Å². The molecule has 0 radical (unpaired) electrons. The van der Waals surface area contributed by atoms with Crippen molar-refractivity contribution in [2.24, 2.45) is 0 Å². The summed E-state index contributed by atoms with van der Waals surface area (Å²) >= 11 is 0. The zero-order chi connectivity index (χ0) is 39.3. The van der Waals surface area contributed by atoms with Gasteiger partial charge in [0.05, 0.1) is 12.7 Å². The van der Waals surface area contributed by atoms with E-state index in [0.717, 1.165) is 12.1 Å². The summed E-state index contributed by atoms with van der Waals surface area (Å²) in [7, 11) is 0. The van der Waals surface area contributed by atoms with E-state index in [2.05, 4.69) is 0 Å². The zero-order valence-electron chi connectivity index (χ0n) is 27.9. The normalized spacial score (nSPS) is 37.2. The monoisotopic (exact) mass is 770 g/mol. The predicted octanol–water partition coefficient (Wildman–Crippen LogP) is -3.48. The molecule has 0 amide bonds. The van der Waals surface area contributed by atoms with Gasteiger partial charge in [0.15, 0.2) is 30.5 Å². The van der Waals surface area contributed by atoms with E-state index >= 15 is 0 Å². The van der Waals surface area contributed by atoms with Gasteiger partial charge in [-0.1, -0.05) is 0 Å². The molecule has 15 atom stereocenters. The Bertz CT molecular complexity index is 1870. The zero-order valence-corrected chi connectivity index (χ0v) is 27.9. The van der Waals surface area contributed by atoms with Crippen molar-refractivity contribution in [2.45, 2.75) is 99.0 Å². The summed E-state index contributed by atoms with van der Waals surface area (Å²) in [4.78, 5) is 26.6. The SMILES string of the molecule is C[C@@H]1O[C@H](O[C@H]2[C@H](Oc3c(-c4ccc(O)cc4)oc4cc(O)cc(O)c4c3=O)O[C@H](C(=O)O)[C@@H](O)[C@@H]2O[C@H]2O[C@@H](CO)[C@H](O)[C@H](O)[C@@H]2O)[C@@H](O)[C@H](O)[C@H]1O. The number of phenols is 3. The minimum atomic E-state index is -2.30. The molecule has 3 aliphatic rings. The van der Waals surface area contributed by atoms with E-state index in [-0.39, 0.29) is 16.9 Å². The Morgan fingerprint density at radius 2 is 1.33 bits per heavy atom. The highest BCUT2D eigenvalue weighted by Gasteiger charge is 2.56. The van der Waals surface area contributed by atoms with E-state index in [0.29, 0.717) is 0 Å². The van der Waals surface area contributed by atoms with Crippen LogP contribution >= 0.6 is 0 Å². The van der Waals surface area contributed by atoms with Gasteiger partial charge in [-0.3, -0.25) is 4.79 Å². The van der Waals surface area contributed by atoms with Crippen LogP contribution in [0.4, 0.5) is 0 Å². The van der Waals surface area contributed by atoms with Crippen LogP contribution in [0.25, 0.3) is 22.3 Å². The Kier molecular flexibility index (Phi) is 11.3. The standard InChI is InChI=1S/C33H38O21/c1-9-17(38)20(41)22(43)31(48-9)54-29-27(51-32-23(44)21(42)18(39)15(8-34)50-32)24(45)28(30(46)47)53-33(29)52-26-19(40)16-13(37)6-12(36)7-14(16)49-25(26)10-2-4-11(35)5-3-10/h2-7,9,15,17-18,20-24,27-29,31-39,41-45H,8H2,1H3,(H,46,47)/t9-,15-,17-,18-,20+,21-,22-,23-,24-,27-,28-,29+,31+,32+,33+/m0/s1. The molecule has 1 aromatic heterocycles. The summed E-state index contributed by atoms with van der Waals surface area (Å²) < 4.78 is 40.1. The van der Waals surface area contributed by atoms with Gasteiger partial charge in [-0.2, -0.15) is 0 Å². The van der Waals surface area contributed by atoms with Gasteiger partial charge in [0, 0.05) is 17.7 Å². The number of fused-ring (bicyclic) bond motifs is 1. The van der Waals surface area contributed by atoms with Gasteiger partial charge in [0.1, 0.15) is 83.2 Å². The van der Waals surface area contributed by atoms with Crippen LogP contribution in [-0.2, 0) is 28.5 Å². The number of aliphatic carboxylic acids is 1. The van der Waals surface area contributed by atoms with Crippen molar-refractivity contribution >= 4 is 16.9 Å². The van der Waals surface area contributed by atoms with E-state index in [1.54, 1.807) is 0 Å². The molecule has 6 rings (SSSR count). The molecule has 12 N–H and O–H groups in total. The predicted molar refractivity (Wildman–Crippen MR) is 172 cm³/mol. The first-order valence-corrected chi connectivity index (χ1v) is 16.4. The fourth-order valence-electron chi connectivity index (χ4n) is 6.33. The quantitative estimate of drug-likeness (QED) is 0.100. The van der Waals surface area contributed by atoms with Crippen LogP contribution in [0, 0.1) is 0 Å². The lowest BCUT2D eigenvalue weighted by Gasteiger charge is -2.48. The smallest absolute Gasteiger partial charge is 0.335 e. The number of carboxylic acids is 1. The van der Waals surface area contributed by atoms with Gasteiger partial charge in [0.25, 0.3) is 0 Å². The number of carboxylic acid groups (broad SMARTS) is 1. The third-order valence-electron chi connectivity index (χ3n) is 9.28. The molecule has 0 bridgehead atoms. The summed E-state index contributed by atoms with van der Waals surface area (Å²) in [5.41, 5.74) is -1.45. The lowest BCUT2D eigenvalue weighted by Crippen LogP contribution is -2.68. The van der Waals surface area contributed by atoms with Crippen LogP contribution in [-0.4, -0.2) is 166 Å². The fraction of sp³-hybridized carbons (Fsp3) is 0.515. The van der Waals surface area contributed by atoms with Crippen molar-refractivity contribution in [2.75, 3.05) is 6.61 Å². The Morgan fingerprint density at radius 3 is 1.96 bits per heavy atom. The molecule has 54 heavy (non-hydrogen) atoms.